The average molecular weight is 296 g/mol. The molecule has 0 amide bonds. The number of rotatable bonds is 3. The third-order valence-electron chi connectivity index (χ3n) is 3.43. The molecule has 0 saturated carbocycles. The zero-order chi connectivity index (χ0) is 15.5. The Kier molecular flexibility index (Phi) is 3.83. The van der Waals surface area contributed by atoms with E-state index in [4.69, 9.17) is 0 Å². The van der Waals surface area contributed by atoms with Crippen LogP contribution in [0, 0.1) is 18.6 Å². The van der Waals surface area contributed by atoms with Crippen LogP contribution in [0.5, 0.6) is 0 Å². The van der Waals surface area contributed by atoms with E-state index < -0.39 is 11.6 Å². The van der Waals surface area contributed by atoms with Crippen molar-refractivity contribution < 1.29 is 8.78 Å². The van der Waals surface area contributed by atoms with Crippen molar-refractivity contribution in [3.05, 3.63) is 78.0 Å². The van der Waals surface area contributed by atoms with E-state index >= 15 is 0 Å². The molecule has 4 heteroatoms. The number of nitrogens with one attached hydrogen (secondary N) is 1. The van der Waals surface area contributed by atoms with E-state index in [1.54, 1.807) is 12.1 Å². The number of aryl methyl sites for hydroxylation is 1. The SMILES string of the molecule is Cc1ccccc1Nc1ccc(-c2cccc(F)c2F)cn1. The summed E-state index contributed by atoms with van der Waals surface area (Å²) in [4.78, 5) is 4.26. The lowest BCUT2D eigenvalue weighted by atomic mass is 10.1. The minimum atomic E-state index is -0.861. The highest BCUT2D eigenvalue weighted by molar-refractivity contribution is 5.66. The Hall–Kier alpha value is -2.75. The van der Waals surface area contributed by atoms with Crippen molar-refractivity contribution in [2.45, 2.75) is 6.92 Å². The topological polar surface area (TPSA) is 24.9 Å². The van der Waals surface area contributed by atoms with Crippen LogP contribution >= 0.6 is 0 Å². The Bertz CT molecular complexity index is 798. The normalized spacial score (nSPS) is 10.5. The molecule has 0 spiro atoms. The summed E-state index contributed by atoms with van der Waals surface area (Å²) in [5.74, 6) is -1.07. The second-order valence-corrected chi connectivity index (χ2v) is 4.97. The summed E-state index contributed by atoms with van der Waals surface area (Å²) in [5, 5.41) is 3.20. The molecular formula is C18H14F2N2. The number of pyridine rings is 1. The lowest BCUT2D eigenvalue weighted by Crippen LogP contribution is -1.96. The zero-order valence-electron chi connectivity index (χ0n) is 12.0. The van der Waals surface area contributed by atoms with E-state index in [0.717, 1.165) is 17.3 Å². The summed E-state index contributed by atoms with van der Waals surface area (Å²) in [6, 6.07) is 15.4. The van der Waals surface area contributed by atoms with Crippen LogP contribution in [0.2, 0.25) is 0 Å². The molecule has 0 fully saturated rings. The van der Waals surface area contributed by atoms with E-state index in [1.165, 1.54) is 18.3 Å². The maximum Gasteiger partial charge on any atom is 0.166 e. The fourth-order valence-corrected chi connectivity index (χ4v) is 2.21. The van der Waals surface area contributed by atoms with Gasteiger partial charge in [0, 0.05) is 23.0 Å². The van der Waals surface area contributed by atoms with Gasteiger partial charge in [0.05, 0.1) is 0 Å². The third-order valence-corrected chi connectivity index (χ3v) is 3.43. The highest BCUT2D eigenvalue weighted by atomic mass is 19.2. The molecule has 22 heavy (non-hydrogen) atoms. The molecule has 1 aromatic heterocycles. The molecule has 0 aliphatic carbocycles. The molecule has 0 unspecified atom stereocenters. The number of para-hydroxylation sites is 1. The van der Waals surface area contributed by atoms with Gasteiger partial charge >= 0.3 is 0 Å². The van der Waals surface area contributed by atoms with Gasteiger partial charge in [-0.25, -0.2) is 13.8 Å². The maximum atomic E-state index is 13.8. The van der Waals surface area contributed by atoms with Gasteiger partial charge in [-0.05, 0) is 36.8 Å². The Morgan fingerprint density at radius 3 is 2.45 bits per heavy atom. The molecule has 0 saturated heterocycles. The molecule has 0 radical (unpaired) electrons. The number of nitrogens with zero attached hydrogens (tertiary/aromatic N) is 1. The predicted molar refractivity (Wildman–Crippen MR) is 84.1 cm³/mol. The van der Waals surface area contributed by atoms with E-state index in [1.807, 2.05) is 31.2 Å². The van der Waals surface area contributed by atoms with Gasteiger partial charge < -0.3 is 5.32 Å². The molecule has 110 valence electrons. The van der Waals surface area contributed by atoms with Crippen LogP contribution in [-0.2, 0) is 0 Å². The van der Waals surface area contributed by atoms with E-state index in [-0.39, 0.29) is 5.56 Å². The molecule has 0 bridgehead atoms. The van der Waals surface area contributed by atoms with Crippen molar-refractivity contribution in [3.63, 3.8) is 0 Å². The first-order valence-electron chi connectivity index (χ1n) is 6.88. The lowest BCUT2D eigenvalue weighted by molar-refractivity contribution is 0.511. The van der Waals surface area contributed by atoms with Gasteiger partial charge in [0.15, 0.2) is 11.6 Å². The Balaban J connectivity index is 1.87. The van der Waals surface area contributed by atoms with E-state index in [9.17, 15) is 8.78 Å². The monoisotopic (exact) mass is 296 g/mol. The van der Waals surface area contributed by atoms with E-state index in [2.05, 4.69) is 10.3 Å². The first-order valence-corrected chi connectivity index (χ1v) is 6.88. The van der Waals surface area contributed by atoms with Crippen LogP contribution in [0.3, 0.4) is 0 Å². The van der Waals surface area contributed by atoms with Crippen LogP contribution in [0.1, 0.15) is 5.56 Å². The molecule has 3 aromatic rings. The molecule has 2 aromatic carbocycles. The third kappa shape index (κ3) is 2.81. The summed E-state index contributed by atoms with van der Waals surface area (Å²) in [6.07, 6.45) is 1.53. The van der Waals surface area contributed by atoms with Crippen LogP contribution in [0.15, 0.2) is 60.8 Å². The summed E-state index contributed by atoms with van der Waals surface area (Å²) in [5.41, 5.74) is 2.80. The van der Waals surface area contributed by atoms with Gasteiger partial charge in [0.1, 0.15) is 5.82 Å². The summed E-state index contributed by atoms with van der Waals surface area (Å²) >= 11 is 0. The van der Waals surface area contributed by atoms with Crippen molar-refractivity contribution in [2.24, 2.45) is 0 Å². The van der Waals surface area contributed by atoms with E-state index in [0.29, 0.717) is 11.4 Å². The van der Waals surface area contributed by atoms with Gasteiger partial charge in [-0.1, -0.05) is 30.3 Å². The van der Waals surface area contributed by atoms with Crippen molar-refractivity contribution in [3.8, 4) is 11.1 Å². The number of benzene rings is 2. The Morgan fingerprint density at radius 1 is 0.909 bits per heavy atom. The highest BCUT2D eigenvalue weighted by Crippen LogP contribution is 2.25. The van der Waals surface area contributed by atoms with Gasteiger partial charge in [0.25, 0.3) is 0 Å². The molecule has 1 N–H and O–H groups in total. The first-order chi connectivity index (χ1) is 10.6. The number of halogens is 2. The number of anilines is 2. The number of aromatic nitrogens is 1. The minimum absolute atomic E-state index is 0.204. The van der Waals surface area contributed by atoms with Gasteiger partial charge in [-0.15, -0.1) is 0 Å². The molecule has 0 atom stereocenters. The summed E-state index contributed by atoms with van der Waals surface area (Å²) in [6.45, 7) is 2.00. The maximum absolute atomic E-state index is 13.8. The van der Waals surface area contributed by atoms with Crippen molar-refractivity contribution in [2.75, 3.05) is 5.32 Å². The number of hydrogen-bond acceptors (Lipinski definition) is 2. The Labute approximate surface area is 127 Å². The fraction of sp³-hybridized carbons (Fsp3) is 0.0556. The van der Waals surface area contributed by atoms with Crippen molar-refractivity contribution >= 4 is 11.5 Å². The van der Waals surface area contributed by atoms with Gasteiger partial charge in [-0.2, -0.15) is 0 Å². The van der Waals surface area contributed by atoms with Gasteiger partial charge in [-0.3, -0.25) is 0 Å². The van der Waals surface area contributed by atoms with Crippen molar-refractivity contribution in [1.82, 2.24) is 4.98 Å². The summed E-state index contributed by atoms with van der Waals surface area (Å²) in [7, 11) is 0. The molecule has 0 aliphatic rings. The zero-order valence-corrected chi connectivity index (χ0v) is 12.0. The average Bonchev–Trinajstić information content (AvgIpc) is 2.53. The van der Waals surface area contributed by atoms with Crippen LogP contribution in [-0.4, -0.2) is 4.98 Å². The molecule has 2 nitrogen and oxygen atoms in total. The Morgan fingerprint density at radius 2 is 1.73 bits per heavy atom. The molecule has 0 aliphatic heterocycles. The van der Waals surface area contributed by atoms with Crippen molar-refractivity contribution in [1.29, 1.82) is 0 Å². The molecular weight excluding hydrogens is 282 g/mol. The lowest BCUT2D eigenvalue weighted by Gasteiger charge is -2.09. The quantitative estimate of drug-likeness (QED) is 0.729. The highest BCUT2D eigenvalue weighted by Gasteiger charge is 2.10. The largest absolute Gasteiger partial charge is 0.340 e. The smallest absolute Gasteiger partial charge is 0.166 e. The predicted octanol–water partition coefficient (Wildman–Crippen LogP) is 5.08. The van der Waals surface area contributed by atoms with Gasteiger partial charge in [0.2, 0.25) is 0 Å². The molecule has 1 heterocycles. The van der Waals surface area contributed by atoms with Crippen LogP contribution in [0.25, 0.3) is 11.1 Å². The molecule has 3 rings (SSSR count). The fourth-order valence-electron chi connectivity index (χ4n) is 2.21. The first kappa shape index (κ1) is 14.2. The second-order valence-electron chi connectivity index (χ2n) is 4.97. The number of hydrogen-bond donors (Lipinski definition) is 1. The van der Waals surface area contributed by atoms with Crippen LogP contribution in [0.4, 0.5) is 20.3 Å². The standard InChI is InChI=1S/C18H14F2N2/c1-12-5-2-3-8-16(12)22-17-10-9-13(11-21-17)14-6-4-7-15(19)18(14)20/h2-11H,1H3,(H,21,22). The summed E-state index contributed by atoms with van der Waals surface area (Å²) < 4.78 is 27.0. The van der Waals surface area contributed by atoms with Crippen LogP contribution < -0.4 is 5.32 Å². The second kappa shape index (κ2) is 5.93. The minimum Gasteiger partial charge on any atom is -0.340 e.